The molecule has 1 aromatic heterocycles. The van der Waals surface area contributed by atoms with Gasteiger partial charge in [-0.3, -0.25) is 19.2 Å². The van der Waals surface area contributed by atoms with Gasteiger partial charge in [0.05, 0.1) is 33.9 Å². The molecule has 0 spiro atoms. The lowest BCUT2D eigenvalue weighted by molar-refractivity contribution is -0.240. The van der Waals surface area contributed by atoms with Crippen molar-refractivity contribution >= 4 is 35.2 Å². The van der Waals surface area contributed by atoms with Gasteiger partial charge in [0, 0.05) is 16.7 Å². The van der Waals surface area contributed by atoms with Crippen molar-refractivity contribution in [2.45, 2.75) is 160 Å². The van der Waals surface area contributed by atoms with Gasteiger partial charge in [0.25, 0.3) is 0 Å². The van der Waals surface area contributed by atoms with Gasteiger partial charge in [-0.25, -0.2) is 0 Å². The molecule has 11 heteroatoms. The van der Waals surface area contributed by atoms with E-state index in [1.165, 1.54) is 11.3 Å². The highest BCUT2D eigenvalue weighted by Gasteiger charge is 2.52. The van der Waals surface area contributed by atoms with Gasteiger partial charge in [-0.2, -0.15) is 0 Å². The van der Waals surface area contributed by atoms with Crippen LogP contribution >= 0.6 is 11.3 Å². The standard InChI is InChI=1S/C40H64O10S/c1-17-25-21(2)22(3)29(48-34(42)38(8,9)10)32(46-25)27-18-24(20-51-27)28-23(4)30(49-35(43)39(11,12)13)31(50-36(44)40(14,15)16)26(47-28)19-45-33(41)37(5,6)7/h18,20-23,25-26,28-32H,17,19H2,1-16H3/t21-,22-,23+,25+,26+,28-,29-,30+,31+,32+/m0/s1. The summed E-state index contributed by atoms with van der Waals surface area (Å²) in [6.07, 6.45) is -3.74. The molecule has 0 amide bonds. The van der Waals surface area contributed by atoms with Gasteiger partial charge in [0.15, 0.2) is 6.10 Å². The summed E-state index contributed by atoms with van der Waals surface area (Å²) in [5, 5.41) is 1.98. The molecule has 51 heavy (non-hydrogen) atoms. The van der Waals surface area contributed by atoms with Crippen LogP contribution in [0.2, 0.25) is 0 Å². The summed E-state index contributed by atoms with van der Waals surface area (Å²) in [6, 6.07) is 2.01. The van der Waals surface area contributed by atoms with Crippen molar-refractivity contribution in [3.8, 4) is 0 Å². The lowest BCUT2D eigenvalue weighted by Gasteiger charge is -2.45. The van der Waals surface area contributed by atoms with Crippen molar-refractivity contribution < 1.29 is 47.6 Å². The molecule has 1 aromatic rings. The molecule has 0 saturated carbocycles. The van der Waals surface area contributed by atoms with Crippen molar-refractivity contribution in [3.63, 3.8) is 0 Å². The number of esters is 4. The molecule has 2 fully saturated rings. The lowest BCUT2D eigenvalue weighted by atomic mass is 9.79. The summed E-state index contributed by atoms with van der Waals surface area (Å²) < 4.78 is 37.7. The number of hydrogen-bond acceptors (Lipinski definition) is 11. The highest BCUT2D eigenvalue weighted by Crippen LogP contribution is 2.47. The molecule has 0 bridgehead atoms. The van der Waals surface area contributed by atoms with E-state index in [-0.39, 0.29) is 30.5 Å². The summed E-state index contributed by atoms with van der Waals surface area (Å²) in [7, 11) is 0. The van der Waals surface area contributed by atoms with Gasteiger partial charge in [-0.1, -0.05) is 27.7 Å². The summed E-state index contributed by atoms with van der Waals surface area (Å²) in [5.41, 5.74) is -2.35. The SMILES string of the molecule is CC[C@H]1O[C@H](c2cc([C@H]3O[C@H](COC(=O)C(C)(C)C)[C@@H](OC(=O)C(C)(C)C)[C@H](OC(=O)C(C)(C)C)[C@@H]3C)cs2)[C@@H](OC(=O)C(C)(C)C)[C@@H](C)[C@@H]1C. The first kappa shape index (κ1) is 42.9. The van der Waals surface area contributed by atoms with E-state index >= 15 is 0 Å². The number of carbonyl (C=O) groups excluding carboxylic acids is 4. The fourth-order valence-electron chi connectivity index (χ4n) is 6.02. The molecule has 3 rings (SSSR count). The minimum absolute atomic E-state index is 0.0219. The van der Waals surface area contributed by atoms with E-state index < -0.39 is 82.1 Å². The number of hydrogen-bond donors (Lipinski definition) is 0. The number of ether oxygens (including phenoxy) is 6. The van der Waals surface area contributed by atoms with E-state index in [4.69, 9.17) is 28.4 Å². The van der Waals surface area contributed by atoms with Crippen LogP contribution in [0, 0.1) is 39.4 Å². The Balaban J connectivity index is 2.09. The molecule has 2 aliphatic heterocycles. The van der Waals surface area contributed by atoms with Gasteiger partial charge in [-0.15, -0.1) is 11.3 Å². The van der Waals surface area contributed by atoms with Crippen LogP contribution in [0.5, 0.6) is 0 Å². The minimum Gasteiger partial charge on any atom is -0.462 e. The quantitative estimate of drug-likeness (QED) is 0.190. The first-order valence-corrected chi connectivity index (χ1v) is 19.3. The monoisotopic (exact) mass is 736 g/mol. The van der Waals surface area contributed by atoms with Crippen LogP contribution in [0.4, 0.5) is 0 Å². The largest absolute Gasteiger partial charge is 0.462 e. The van der Waals surface area contributed by atoms with Crippen LogP contribution in [0.3, 0.4) is 0 Å². The maximum Gasteiger partial charge on any atom is 0.311 e. The predicted molar refractivity (Wildman–Crippen MR) is 196 cm³/mol. The third-order valence-electron chi connectivity index (χ3n) is 9.77. The summed E-state index contributed by atoms with van der Waals surface area (Å²) >= 11 is 1.49. The fraction of sp³-hybridized carbons (Fsp3) is 0.800. The molecule has 0 aliphatic carbocycles. The minimum atomic E-state index is -1.05. The first-order chi connectivity index (χ1) is 23.2. The molecule has 2 aliphatic rings. The normalized spacial score (nSPS) is 30.7. The molecule has 3 heterocycles. The first-order valence-electron chi connectivity index (χ1n) is 18.4. The van der Waals surface area contributed by atoms with Gasteiger partial charge in [0.1, 0.15) is 31.0 Å². The topological polar surface area (TPSA) is 124 Å². The van der Waals surface area contributed by atoms with Gasteiger partial charge in [0.2, 0.25) is 0 Å². The molecule has 290 valence electrons. The Bertz CT molecular complexity index is 1390. The van der Waals surface area contributed by atoms with Crippen LogP contribution in [-0.2, 0) is 47.6 Å². The molecule has 10 atom stereocenters. The lowest BCUT2D eigenvalue weighted by Crippen LogP contribution is -2.57. The average molecular weight is 737 g/mol. The summed E-state index contributed by atoms with van der Waals surface area (Å²) in [4.78, 5) is 53.8. The van der Waals surface area contributed by atoms with E-state index in [1.807, 2.05) is 39.1 Å². The Hall–Kier alpha value is -2.50. The molecule has 0 radical (unpaired) electrons. The molecule has 0 aromatic carbocycles. The van der Waals surface area contributed by atoms with E-state index in [0.717, 1.165) is 16.9 Å². The van der Waals surface area contributed by atoms with Crippen LogP contribution in [0.25, 0.3) is 0 Å². The Labute approximate surface area is 310 Å². The van der Waals surface area contributed by atoms with Crippen molar-refractivity contribution in [2.24, 2.45) is 39.4 Å². The maximum absolute atomic E-state index is 13.4. The molecule has 2 saturated heterocycles. The van der Waals surface area contributed by atoms with Crippen molar-refractivity contribution in [1.82, 2.24) is 0 Å². The Morgan fingerprint density at radius 3 is 1.53 bits per heavy atom. The van der Waals surface area contributed by atoms with Gasteiger partial charge >= 0.3 is 23.9 Å². The molecule has 10 nitrogen and oxygen atoms in total. The number of thiophene rings is 1. The average Bonchev–Trinajstić information content (AvgIpc) is 3.48. The van der Waals surface area contributed by atoms with E-state index in [0.29, 0.717) is 0 Å². The highest BCUT2D eigenvalue weighted by molar-refractivity contribution is 7.10. The second-order valence-corrected chi connectivity index (χ2v) is 19.6. The Kier molecular flexibility index (Phi) is 13.3. The molecule has 0 unspecified atom stereocenters. The Morgan fingerprint density at radius 1 is 0.608 bits per heavy atom. The second-order valence-electron chi connectivity index (χ2n) is 18.7. The zero-order valence-corrected chi connectivity index (χ0v) is 34.6. The van der Waals surface area contributed by atoms with Gasteiger partial charge in [-0.05, 0) is 112 Å². The highest BCUT2D eigenvalue weighted by atomic mass is 32.1. The third kappa shape index (κ3) is 10.3. The van der Waals surface area contributed by atoms with Crippen molar-refractivity contribution in [3.05, 3.63) is 21.9 Å². The van der Waals surface area contributed by atoms with E-state index in [9.17, 15) is 19.2 Å². The maximum atomic E-state index is 13.4. The Morgan fingerprint density at radius 2 is 1.06 bits per heavy atom. The van der Waals surface area contributed by atoms with Crippen molar-refractivity contribution in [1.29, 1.82) is 0 Å². The molecular weight excluding hydrogens is 672 g/mol. The smallest absolute Gasteiger partial charge is 0.311 e. The zero-order chi connectivity index (χ0) is 39.0. The summed E-state index contributed by atoms with van der Waals surface area (Å²) in [6.45, 7) is 29.3. The number of rotatable bonds is 8. The molecular formula is C40H64O10S. The second kappa shape index (κ2) is 15.8. The van der Waals surface area contributed by atoms with Crippen LogP contribution in [0.15, 0.2) is 11.4 Å². The third-order valence-corrected chi connectivity index (χ3v) is 10.8. The fourth-order valence-corrected chi connectivity index (χ4v) is 7.02. The van der Waals surface area contributed by atoms with Gasteiger partial charge < -0.3 is 28.4 Å². The van der Waals surface area contributed by atoms with Crippen LogP contribution in [-0.4, -0.2) is 61.0 Å². The van der Waals surface area contributed by atoms with Crippen LogP contribution < -0.4 is 0 Å². The molecule has 0 N–H and O–H groups in total. The van der Waals surface area contributed by atoms with E-state index in [2.05, 4.69) is 20.8 Å². The zero-order valence-electron chi connectivity index (χ0n) is 33.8. The number of carbonyl (C=O) groups is 4. The van der Waals surface area contributed by atoms with Crippen molar-refractivity contribution in [2.75, 3.05) is 6.61 Å². The van der Waals surface area contributed by atoms with Crippen LogP contribution in [0.1, 0.15) is 140 Å². The predicted octanol–water partition coefficient (Wildman–Crippen LogP) is 8.41. The summed E-state index contributed by atoms with van der Waals surface area (Å²) in [5.74, 6) is -1.95. The van der Waals surface area contributed by atoms with E-state index in [1.54, 1.807) is 62.3 Å².